The van der Waals surface area contributed by atoms with Crippen molar-refractivity contribution in [2.75, 3.05) is 31.5 Å². The number of nitrogens with zero attached hydrogens (tertiary/aromatic N) is 1. The molecule has 7 nitrogen and oxygen atoms in total. The van der Waals surface area contributed by atoms with Gasteiger partial charge < -0.3 is 19.5 Å². The van der Waals surface area contributed by atoms with E-state index in [4.69, 9.17) is 14.2 Å². The van der Waals surface area contributed by atoms with Gasteiger partial charge in [-0.1, -0.05) is 48.5 Å². The smallest absolute Gasteiger partial charge is 0.259 e. The lowest BCUT2D eigenvalue weighted by atomic mass is 9.78. The second kappa shape index (κ2) is 11.4. The van der Waals surface area contributed by atoms with E-state index in [1.165, 1.54) is 0 Å². The van der Waals surface area contributed by atoms with Crippen LogP contribution in [-0.2, 0) is 4.79 Å². The van der Waals surface area contributed by atoms with Gasteiger partial charge in [-0.15, -0.1) is 0 Å². The lowest BCUT2D eigenvalue weighted by Crippen LogP contribution is -2.38. The van der Waals surface area contributed by atoms with Crippen molar-refractivity contribution in [2.24, 2.45) is 0 Å². The molecule has 1 aliphatic carbocycles. The van der Waals surface area contributed by atoms with Crippen LogP contribution in [0, 0.1) is 0 Å². The summed E-state index contributed by atoms with van der Waals surface area (Å²) in [6.45, 7) is 0. The summed E-state index contributed by atoms with van der Waals surface area (Å²) < 4.78 is 16.5. The molecule has 6 rings (SSSR count). The van der Waals surface area contributed by atoms with Crippen LogP contribution in [0.3, 0.4) is 0 Å². The molecule has 0 saturated carbocycles. The standard InChI is InChI=1S/C35H32N2O5/c1-40-26-16-13-22(14-17-26)25-19-28-33(30(38)20-25)34(24-15-18-31(41-2)32(21-24)42-3)37(29-12-8-7-11-27(29)36-28)35(39)23-9-5-4-6-10-23/h4-18,21,25,34,36H,19-20H2,1-3H3/t25-,34+/m1/s1. The first-order valence-electron chi connectivity index (χ1n) is 13.9. The molecule has 4 aromatic rings. The normalized spacial score (nSPS) is 17.9. The molecular formula is C35H32N2O5. The Morgan fingerprint density at radius 2 is 1.45 bits per heavy atom. The summed E-state index contributed by atoms with van der Waals surface area (Å²) in [7, 11) is 4.80. The fourth-order valence-electron chi connectivity index (χ4n) is 5.98. The van der Waals surface area contributed by atoms with Crippen molar-refractivity contribution in [3.05, 3.63) is 125 Å². The van der Waals surface area contributed by atoms with Gasteiger partial charge in [0.05, 0.1) is 38.7 Å². The van der Waals surface area contributed by atoms with Crippen LogP contribution in [0.25, 0.3) is 0 Å². The van der Waals surface area contributed by atoms with Gasteiger partial charge in [0.25, 0.3) is 5.91 Å². The number of nitrogens with one attached hydrogen (secondary N) is 1. The van der Waals surface area contributed by atoms with E-state index in [1.54, 1.807) is 38.4 Å². The van der Waals surface area contributed by atoms with Crippen molar-refractivity contribution in [2.45, 2.75) is 24.8 Å². The molecule has 42 heavy (non-hydrogen) atoms. The molecule has 1 N–H and O–H groups in total. The summed E-state index contributed by atoms with van der Waals surface area (Å²) >= 11 is 0. The third-order valence-electron chi connectivity index (χ3n) is 8.04. The SMILES string of the molecule is COc1ccc([C@H]2CC(=O)C3=C(C2)Nc2ccccc2N(C(=O)c2ccccc2)[C@H]3c2ccc(OC)c(OC)c2)cc1. The van der Waals surface area contributed by atoms with Crippen LogP contribution < -0.4 is 24.4 Å². The molecule has 0 radical (unpaired) electrons. The van der Waals surface area contributed by atoms with Gasteiger partial charge in [-0.25, -0.2) is 0 Å². The molecule has 4 aromatic carbocycles. The summed E-state index contributed by atoms with van der Waals surface area (Å²) in [6.07, 6.45) is 0.930. The highest BCUT2D eigenvalue weighted by Gasteiger charge is 2.42. The van der Waals surface area contributed by atoms with Crippen molar-refractivity contribution >= 4 is 23.1 Å². The number of fused-ring (bicyclic) bond motifs is 1. The zero-order chi connectivity index (χ0) is 29.2. The van der Waals surface area contributed by atoms with Gasteiger partial charge in [0.15, 0.2) is 17.3 Å². The lowest BCUT2D eigenvalue weighted by molar-refractivity contribution is -0.116. The maximum Gasteiger partial charge on any atom is 0.259 e. The highest BCUT2D eigenvalue weighted by Crippen LogP contribution is 2.48. The number of carbonyl (C=O) groups is 2. The van der Waals surface area contributed by atoms with Gasteiger partial charge in [0.2, 0.25) is 0 Å². The summed E-state index contributed by atoms with van der Waals surface area (Å²) in [5.41, 5.74) is 5.18. The fraction of sp³-hybridized carbons (Fsp3) is 0.200. The van der Waals surface area contributed by atoms with E-state index in [0.29, 0.717) is 41.2 Å². The molecular weight excluding hydrogens is 528 g/mol. The van der Waals surface area contributed by atoms with Gasteiger partial charge in [-0.05, 0) is 72.0 Å². The Balaban J connectivity index is 1.56. The molecule has 2 aliphatic rings. The Bertz CT molecular complexity index is 1660. The molecule has 0 aromatic heterocycles. The molecule has 0 unspecified atom stereocenters. The Morgan fingerprint density at radius 1 is 0.762 bits per heavy atom. The molecule has 1 heterocycles. The minimum Gasteiger partial charge on any atom is -0.497 e. The predicted octanol–water partition coefficient (Wildman–Crippen LogP) is 6.93. The van der Waals surface area contributed by atoms with Crippen molar-refractivity contribution in [1.82, 2.24) is 0 Å². The van der Waals surface area contributed by atoms with Crippen LogP contribution in [0.5, 0.6) is 17.2 Å². The summed E-state index contributed by atoms with van der Waals surface area (Å²) in [5.74, 6) is 1.62. The largest absolute Gasteiger partial charge is 0.497 e. The fourth-order valence-corrected chi connectivity index (χ4v) is 5.98. The van der Waals surface area contributed by atoms with Crippen LogP contribution in [-0.4, -0.2) is 33.0 Å². The Morgan fingerprint density at radius 3 is 2.17 bits per heavy atom. The number of carbonyl (C=O) groups excluding carboxylic acids is 2. The monoisotopic (exact) mass is 560 g/mol. The minimum atomic E-state index is -0.701. The number of hydrogen-bond acceptors (Lipinski definition) is 6. The van der Waals surface area contributed by atoms with Gasteiger partial charge in [0.1, 0.15) is 5.75 Å². The van der Waals surface area contributed by atoms with Crippen LogP contribution in [0.15, 0.2) is 108 Å². The number of ketones is 1. The topological polar surface area (TPSA) is 77.1 Å². The highest BCUT2D eigenvalue weighted by atomic mass is 16.5. The number of benzene rings is 4. The molecule has 2 atom stereocenters. The van der Waals surface area contributed by atoms with Gasteiger partial charge in [-0.3, -0.25) is 14.5 Å². The second-order valence-electron chi connectivity index (χ2n) is 10.4. The summed E-state index contributed by atoms with van der Waals surface area (Å²) in [4.78, 5) is 30.4. The van der Waals surface area contributed by atoms with Crippen molar-refractivity contribution < 1.29 is 23.8 Å². The molecule has 0 fully saturated rings. The van der Waals surface area contributed by atoms with Crippen LogP contribution in [0.1, 0.15) is 46.3 Å². The number of para-hydroxylation sites is 2. The van der Waals surface area contributed by atoms with E-state index in [1.807, 2.05) is 84.9 Å². The van der Waals surface area contributed by atoms with Crippen molar-refractivity contribution in [3.63, 3.8) is 0 Å². The zero-order valence-electron chi connectivity index (χ0n) is 23.8. The predicted molar refractivity (Wildman–Crippen MR) is 163 cm³/mol. The first kappa shape index (κ1) is 27.1. The van der Waals surface area contributed by atoms with E-state index in [0.717, 1.165) is 28.3 Å². The van der Waals surface area contributed by atoms with Gasteiger partial charge in [0, 0.05) is 23.3 Å². The lowest BCUT2D eigenvalue weighted by Gasteiger charge is -2.35. The highest BCUT2D eigenvalue weighted by molar-refractivity contribution is 6.12. The van der Waals surface area contributed by atoms with E-state index < -0.39 is 6.04 Å². The van der Waals surface area contributed by atoms with Crippen LogP contribution in [0.4, 0.5) is 11.4 Å². The van der Waals surface area contributed by atoms with E-state index >= 15 is 0 Å². The third-order valence-corrected chi connectivity index (χ3v) is 8.04. The van der Waals surface area contributed by atoms with Crippen molar-refractivity contribution in [3.8, 4) is 17.2 Å². The van der Waals surface area contributed by atoms with Gasteiger partial charge >= 0.3 is 0 Å². The average Bonchev–Trinajstić information content (AvgIpc) is 3.19. The number of rotatable bonds is 6. The first-order chi connectivity index (χ1) is 20.5. The number of hydrogen-bond donors (Lipinski definition) is 1. The molecule has 212 valence electrons. The maximum absolute atomic E-state index is 14.4. The zero-order valence-corrected chi connectivity index (χ0v) is 23.8. The van der Waals surface area contributed by atoms with E-state index in [2.05, 4.69) is 5.32 Å². The third kappa shape index (κ3) is 4.87. The number of Topliss-reactive ketones (excluding diaryl/α,β-unsaturated/α-hetero) is 1. The maximum atomic E-state index is 14.4. The van der Waals surface area contributed by atoms with Crippen LogP contribution >= 0.6 is 0 Å². The number of amides is 1. The number of allylic oxidation sites excluding steroid dienone is 1. The molecule has 1 amide bonds. The van der Waals surface area contributed by atoms with Crippen molar-refractivity contribution in [1.29, 1.82) is 0 Å². The van der Waals surface area contributed by atoms with E-state index in [-0.39, 0.29) is 17.6 Å². The summed E-state index contributed by atoms with van der Waals surface area (Å²) in [5, 5.41) is 3.59. The van der Waals surface area contributed by atoms with E-state index in [9.17, 15) is 9.59 Å². The number of anilines is 2. The summed E-state index contributed by atoms with van der Waals surface area (Å²) in [6, 6.07) is 29.6. The average molecular weight is 561 g/mol. The molecule has 0 saturated heterocycles. The second-order valence-corrected chi connectivity index (χ2v) is 10.4. The first-order valence-corrected chi connectivity index (χ1v) is 13.9. The van der Waals surface area contributed by atoms with Gasteiger partial charge in [-0.2, -0.15) is 0 Å². The van der Waals surface area contributed by atoms with Crippen LogP contribution in [0.2, 0.25) is 0 Å². The number of methoxy groups -OCH3 is 3. The molecule has 0 bridgehead atoms. The Labute approximate surface area is 245 Å². The molecule has 7 heteroatoms. The number of ether oxygens (including phenoxy) is 3. The molecule has 0 spiro atoms. The minimum absolute atomic E-state index is 0.0111. The Kier molecular flexibility index (Phi) is 7.40. The Hall–Kier alpha value is -5.04. The quantitative estimate of drug-likeness (QED) is 0.276. The molecule has 1 aliphatic heterocycles.